The highest BCUT2D eigenvalue weighted by Crippen LogP contribution is 2.35. The Labute approximate surface area is 70.0 Å². The molecule has 0 amide bonds. The van der Waals surface area contributed by atoms with Crippen LogP contribution in [0.3, 0.4) is 0 Å². The molecule has 0 aliphatic carbocycles. The maximum atomic E-state index is 12.1. The molecule has 7 heteroatoms. The van der Waals surface area contributed by atoms with E-state index in [9.17, 15) is 22.0 Å². The predicted molar refractivity (Wildman–Crippen MR) is 33.2 cm³/mol. The molecule has 74 valence electrons. The molecule has 1 aromatic rings. The number of nitrogens with zero attached hydrogens (tertiary/aromatic N) is 2. The summed E-state index contributed by atoms with van der Waals surface area (Å²) in [5.74, 6) is 0. The third-order valence-electron chi connectivity index (χ3n) is 1.50. The highest BCUT2D eigenvalue weighted by molar-refractivity contribution is 5.21. The SMILES string of the molecule is Cn1ncc(C(F)(F)F)c1C(F)F. The highest BCUT2D eigenvalue weighted by Gasteiger charge is 2.38. The summed E-state index contributed by atoms with van der Waals surface area (Å²) < 4.78 is 60.8. The molecule has 0 atom stereocenters. The van der Waals surface area contributed by atoms with Crippen molar-refractivity contribution >= 4 is 0 Å². The van der Waals surface area contributed by atoms with Crippen LogP contribution in [-0.2, 0) is 13.2 Å². The van der Waals surface area contributed by atoms with E-state index in [0.29, 0.717) is 10.9 Å². The minimum absolute atomic E-state index is 0.390. The number of rotatable bonds is 1. The van der Waals surface area contributed by atoms with Gasteiger partial charge in [-0.3, -0.25) is 4.68 Å². The molecule has 0 saturated carbocycles. The summed E-state index contributed by atoms with van der Waals surface area (Å²) in [4.78, 5) is 0. The van der Waals surface area contributed by atoms with E-state index in [-0.39, 0.29) is 0 Å². The average Bonchev–Trinajstić information content (AvgIpc) is 2.28. The second kappa shape index (κ2) is 2.97. The van der Waals surface area contributed by atoms with Crippen LogP contribution in [0.25, 0.3) is 0 Å². The van der Waals surface area contributed by atoms with Gasteiger partial charge in [-0.2, -0.15) is 18.3 Å². The van der Waals surface area contributed by atoms with E-state index < -0.39 is 23.9 Å². The van der Waals surface area contributed by atoms with Crippen molar-refractivity contribution in [3.8, 4) is 0 Å². The van der Waals surface area contributed by atoms with Crippen LogP contribution >= 0.6 is 0 Å². The largest absolute Gasteiger partial charge is 0.419 e. The number of aromatic nitrogens is 2. The van der Waals surface area contributed by atoms with E-state index in [1.54, 1.807) is 0 Å². The molecule has 13 heavy (non-hydrogen) atoms. The Morgan fingerprint density at radius 2 is 1.92 bits per heavy atom. The Morgan fingerprint density at radius 1 is 1.38 bits per heavy atom. The maximum Gasteiger partial charge on any atom is 0.419 e. The minimum atomic E-state index is -4.78. The molecule has 0 unspecified atom stereocenters. The first-order valence-electron chi connectivity index (χ1n) is 3.21. The van der Waals surface area contributed by atoms with E-state index in [1.165, 1.54) is 0 Å². The van der Waals surface area contributed by atoms with Crippen molar-refractivity contribution < 1.29 is 22.0 Å². The van der Waals surface area contributed by atoms with Crippen molar-refractivity contribution in [1.82, 2.24) is 9.78 Å². The van der Waals surface area contributed by atoms with Crippen molar-refractivity contribution in [3.63, 3.8) is 0 Å². The van der Waals surface area contributed by atoms with Gasteiger partial charge in [0.05, 0.1) is 6.20 Å². The van der Waals surface area contributed by atoms with E-state index in [2.05, 4.69) is 5.10 Å². The topological polar surface area (TPSA) is 17.8 Å². The fourth-order valence-electron chi connectivity index (χ4n) is 0.924. The number of hydrogen-bond acceptors (Lipinski definition) is 1. The summed E-state index contributed by atoms with van der Waals surface area (Å²) >= 11 is 0. The maximum absolute atomic E-state index is 12.1. The Morgan fingerprint density at radius 3 is 2.23 bits per heavy atom. The molecular formula is C6H5F5N2. The smallest absolute Gasteiger partial charge is 0.266 e. The first-order chi connectivity index (χ1) is 5.84. The molecule has 0 saturated heterocycles. The van der Waals surface area contributed by atoms with Crippen molar-refractivity contribution in [2.24, 2.45) is 7.05 Å². The van der Waals surface area contributed by atoms with Crippen LogP contribution in [0.4, 0.5) is 22.0 Å². The lowest BCUT2D eigenvalue weighted by Crippen LogP contribution is -2.09. The molecular weight excluding hydrogens is 195 g/mol. The van der Waals surface area contributed by atoms with Crippen LogP contribution in [0.2, 0.25) is 0 Å². The third-order valence-corrected chi connectivity index (χ3v) is 1.50. The van der Waals surface area contributed by atoms with Gasteiger partial charge in [-0.25, -0.2) is 8.78 Å². The molecule has 1 rings (SSSR count). The molecule has 0 spiro atoms. The Kier molecular flexibility index (Phi) is 2.27. The molecule has 0 radical (unpaired) electrons. The van der Waals surface area contributed by atoms with Gasteiger partial charge in [0, 0.05) is 7.05 Å². The molecule has 0 fully saturated rings. The lowest BCUT2D eigenvalue weighted by Gasteiger charge is -2.07. The van der Waals surface area contributed by atoms with Gasteiger partial charge >= 0.3 is 6.18 Å². The second-order valence-corrected chi connectivity index (χ2v) is 2.37. The molecule has 1 aromatic heterocycles. The van der Waals surface area contributed by atoms with Crippen molar-refractivity contribution in [2.75, 3.05) is 0 Å². The zero-order valence-corrected chi connectivity index (χ0v) is 6.44. The van der Waals surface area contributed by atoms with E-state index in [4.69, 9.17) is 0 Å². The van der Waals surface area contributed by atoms with Crippen LogP contribution in [0, 0.1) is 0 Å². The molecule has 0 aromatic carbocycles. The Bertz CT molecular complexity index is 300. The lowest BCUT2D eigenvalue weighted by molar-refractivity contribution is -0.139. The number of hydrogen-bond donors (Lipinski definition) is 0. The zero-order valence-electron chi connectivity index (χ0n) is 6.44. The summed E-state index contributed by atoms with van der Waals surface area (Å²) in [5.41, 5.74) is -2.49. The molecule has 1 heterocycles. The van der Waals surface area contributed by atoms with Gasteiger partial charge in [0.25, 0.3) is 6.43 Å². The van der Waals surface area contributed by atoms with Gasteiger partial charge in [-0.1, -0.05) is 0 Å². The summed E-state index contributed by atoms with van der Waals surface area (Å²) in [6.45, 7) is 0. The normalized spacial score (nSPS) is 12.5. The molecule has 0 N–H and O–H groups in total. The quantitative estimate of drug-likeness (QED) is 0.636. The van der Waals surface area contributed by atoms with Crippen LogP contribution in [0.1, 0.15) is 17.7 Å². The number of alkyl halides is 5. The molecule has 0 aliphatic rings. The number of halogens is 5. The van der Waals surface area contributed by atoms with Crippen molar-refractivity contribution in [3.05, 3.63) is 17.5 Å². The van der Waals surface area contributed by atoms with Gasteiger partial charge in [-0.05, 0) is 0 Å². The second-order valence-electron chi connectivity index (χ2n) is 2.37. The van der Waals surface area contributed by atoms with Crippen LogP contribution in [0.5, 0.6) is 0 Å². The Hall–Kier alpha value is -1.14. The standard InChI is InChI=1S/C6H5F5N2/c1-13-4(5(7)8)3(2-12-13)6(9,10)11/h2,5H,1H3. The molecule has 2 nitrogen and oxygen atoms in total. The summed E-state index contributed by atoms with van der Waals surface area (Å²) in [5, 5.41) is 3.12. The molecule has 0 aliphatic heterocycles. The van der Waals surface area contributed by atoms with Gasteiger partial charge in [0.15, 0.2) is 0 Å². The first kappa shape index (κ1) is 9.94. The van der Waals surface area contributed by atoms with E-state index in [0.717, 1.165) is 7.05 Å². The number of aryl methyl sites for hydroxylation is 1. The van der Waals surface area contributed by atoms with Crippen LogP contribution in [0.15, 0.2) is 6.20 Å². The van der Waals surface area contributed by atoms with Gasteiger partial charge < -0.3 is 0 Å². The lowest BCUT2D eigenvalue weighted by atomic mass is 10.2. The fourth-order valence-corrected chi connectivity index (χ4v) is 0.924. The highest BCUT2D eigenvalue weighted by atomic mass is 19.4. The third kappa shape index (κ3) is 1.78. The van der Waals surface area contributed by atoms with Gasteiger partial charge in [0.1, 0.15) is 11.3 Å². The van der Waals surface area contributed by atoms with Crippen molar-refractivity contribution in [2.45, 2.75) is 12.6 Å². The Balaban J connectivity index is 3.23. The van der Waals surface area contributed by atoms with Gasteiger partial charge in [-0.15, -0.1) is 0 Å². The van der Waals surface area contributed by atoms with E-state index in [1.807, 2.05) is 0 Å². The summed E-state index contributed by atoms with van der Waals surface area (Å²) in [6.07, 6.45) is -7.56. The van der Waals surface area contributed by atoms with Crippen molar-refractivity contribution in [1.29, 1.82) is 0 Å². The summed E-state index contributed by atoms with van der Waals surface area (Å²) in [7, 11) is 1.04. The fraction of sp³-hybridized carbons (Fsp3) is 0.500. The van der Waals surface area contributed by atoms with Crippen LogP contribution < -0.4 is 0 Å². The average molecular weight is 200 g/mol. The summed E-state index contributed by atoms with van der Waals surface area (Å²) in [6, 6.07) is 0. The predicted octanol–water partition coefficient (Wildman–Crippen LogP) is 2.38. The zero-order chi connectivity index (χ0) is 10.2. The minimum Gasteiger partial charge on any atom is -0.266 e. The monoisotopic (exact) mass is 200 g/mol. The van der Waals surface area contributed by atoms with Crippen LogP contribution in [-0.4, -0.2) is 9.78 Å². The first-order valence-corrected chi connectivity index (χ1v) is 3.21. The van der Waals surface area contributed by atoms with Gasteiger partial charge in [0.2, 0.25) is 0 Å². The molecule has 0 bridgehead atoms. The van der Waals surface area contributed by atoms with E-state index >= 15 is 0 Å².